The van der Waals surface area contributed by atoms with Crippen LogP contribution in [0, 0.1) is 6.92 Å². The Balaban J connectivity index is 1.15. The molecule has 6 rings (SSSR count). The van der Waals surface area contributed by atoms with Crippen LogP contribution in [0.1, 0.15) is 59.5 Å². The Morgan fingerprint density at radius 3 is 2.16 bits per heavy atom. The fourth-order valence-electron chi connectivity index (χ4n) is 6.53. The predicted molar refractivity (Wildman–Crippen MR) is 199 cm³/mol. The van der Waals surface area contributed by atoms with Crippen molar-refractivity contribution in [3.05, 3.63) is 107 Å². The van der Waals surface area contributed by atoms with Gasteiger partial charge in [0.2, 0.25) is 10.1 Å². The summed E-state index contributed by atoms with van der Waals surface area (Å²) in [5.74, 6) is -0.224. The van der Waals surface area contributed by atoms with E-state index in [1.165, 1.54) is 29.9 Å². The first kappa shape index (κ1) is 35.3. The Hall–Kier alpha value is -4.49. The van der Waals surface area contributed by atoms with Gasteiger partial charge in [-0.2, -0.15) is 0 Å². The third-order valence-corrected chi connectivity index (χ3v) is 15.1. The van der Waals surface area contributed by atoms with E-state index in [2.05, 4.69) is 94.8 Å². The molecule has 0 bridgehead atoms. The van der Waals surface area contributed by atoms with Crippen LogP contribution in [0.25, 0.3) is 11.1 Å². The molecule has 3 aromatic heterocycles. The Morgan fingerprint density at radius 2 is 1.56 bits per heavy atom. The van der Waals surface area contributed by atoms with Crippen LogP contribution >= 0.6 is 22.9 Å². The van der Waals surface area contributed by atoms with Crippen molar-refractivity contribution >= 4 is 58.6 Å². The van der Waals surface area contributed by atoms with Crippen molar-refractivity contribution in [1.82, 2.24) is 25.1 Å². The number of pyridine rings is 2. The van der Waals surface area contributed by atoms with Gasteiger partial charge in [0.05, 0.1) is 18.9 Å². The zero-order valence-corrected chi connectivity index (χ0v) is 31.2. The summed E-state index contributed by atoms with van der Waals surface area (Å²) in [4.78, 5) is 37.3. The van der Waals surface area contributed by atoms with Gasteiger partial charge in [0.1, 0.15) is 10.9 Å². The molecule has 0 saturated carbocycles. The molecule has 0 atom stereocenters. The Kier molecular flexibility index (Phi) is 10.4. The summed E-state index contributed by atoms with van der Waals surface area (Å²) in [6.07, 6.45) is 4.37. The number of benzene rings is 2. The molecule has 5 aromatic rings. The lowest BCUT2D eigenvalue weighted by atomic mass is 10.0. The summed E-state index contributed by atoms with van der Waals surface area (Å²) in [6, 6.07) is 24.6. The van der Waals surface area contributed by atoms with Gasteiger partial charge in [-0.1, -0.05) is 104 Å². The first-order valence-electron chi connectivity index (χ1n) is 16.4. The molecule has 0 unspecified atom stereocenters. The number of ether oxygens (including phenoxy) is 1. The molecule has 0 aliphatic carbocycles. The van der Waals surface area contributed by atoms with Crippen LogP contribution in [0.4, 0.5) is 5.13 Å². The molecule has 258 valence electrons. The molecule has 1 aliphatic heterocycles. The molecule has 0 spiro atoms. The van der Waals surface area contributed by atoms with E-state index in [1.54, 1.807) is 17.0 Å². The van der Waals surface area contributed by atoms with Crippen molar-refractivity contribution in [2.75, 3.05) is 25.5 Å². The zero-order chi connectivity index (χ0) is 35.5. The summed E-state index contributed by atoms with van der Waals surface area (Å²) in [5, 5.41) is 14.0. The van der Waals surface area contributed by atoms with E-state index in [1.807, 2.05) is 19.1 Å². The topological polar surface area (TPSA) is 119 Å². The maximum atomic E-state index is 13.6. The summed E-state index contributed by atoms with van der Waals surface area (Å²) in [5.41, 5.74) is 2.15. The highest BCUT2D eigenvalue weighted by atomic mass is 35.5. The van der Waals surface area contributed by atoms with Crippen molar-refractivity contribution in [2.24, 2.45) is 0 Å². The number of carbonyl (C=O) groups is 2. The van der Waals surface area contributed by atoms with Crippen LogP contribution in [0.2, 0.25) is 10.2 Å². The van der Waals surface area contributed by atoms with E-state index in [0.717, 1.165) is 11.3 Å². The van der Waals surface area contributed by atoms with Crippen LogP contribution in [-0.2, 0) is 4.43 Å². The maximum absolute atomic E-state index is 13.6. The highest BCUT2D eigenvalue weighted by molar-refractivity contribution is 7.17. The molecule has 2 aromatic carbocycles. The highest BCUT2D eigenvalue weighted by Gasteiger charge is 2.51. The van der Waals surface area contributed by atoms with Gasteiger partial charge >= 0.3 is 0 Å². The van der Waals surface area contributed by atoms with E-state index in [9.17, 15) is 9.59 Å². The van der Waals surface area contributed by atoms with Crippen LogP contribution in [0.15, 0.2) is 85.2 Å². The number of rotatable bonds is 9. The number of hydrogen-bond acceptors (Lipinski definition) is 9. The molecular weight excluding hydrogens is 688 g/mol. The van der Waals surface area contributed by atoms with Crippen molar-refractivity contribution in [1.29, 1.82) is 0 Å². The van der Waals surface area contributed by atoms with E-state index in [4.69, 9.17) is 20.8 Å². The number of nitrogens with zero attached hydrogens (tertiary/aromatic N) is 5. The maximum Gasteiger partial charge on any atom is 0.284 e. The van der Waals surface area contributed by atoms with Crippen molar-refractivity contribution in [3.63, 3.8) is 0 Å². The minimum atomic E-state index is -2.71. The van der Waals surface area contributed by atoms with E-state index >= 15 is 0 Å². The van der Waals surface area contributed by atoms with Gasteiger partial charge in [0.25, 0.3) is 20.1 Å². The smallest absolute Gasteiger partial charge is 0.284 e. The van der Waals surface area contributed by atoms with Crippen LogP contribution in [-0.4, -0.2) is 71.5 Å². The minimum Gasteiger partial charge on any atom is -0.494 e. The van der Waals surface area contributed by atoms with Crippen molar-refractivity contribution in [2.45, 2.75) is 51.7 Å². The Morgan fingerprint density at radius 1 is 0.920 bits per heavy atom. The van der Waals surface area contributed by atoms with Gasteiger partial charge in [0.15, 0.2) is 0 Å². The van der Waals surface area contributed by atoms with Gasteiger partial charge in [-0.05, 0) is 47.3 Å². The number of nitrogens with one attached hydrogen (secondary N) is 1. The second-order valence-corrected chi connectivity index (χ2v) is 18.8. The lowest BCUT2D eigenvalue weighted by Crippen LogP contribution is -2.68. The fourth-order valence-corrected chi connectivity index (χ4v) is 12.1. The number of anilines is 1. The number of aromatic nitrogens is 4. The standard InChI is InChI=1S/C37H39ClN6O4SSi/c1-24-20-28(29-21-32(38)40-23-31(29)47-5)30(22-39-24)33(45)41-36-43-42-34(49-36)35(46)44-18-16-25(17-19-44)48-50(37(2,3)4,26-12-8-6-9-13-26)27-14-10-7-11-15-27/h6-15,20-23,25H,16-19H2,1-5H3,(H,41,43,45). The molecule has 4 heterocycles. The third kappa shape index (κ3) is 7.20. The fraction of sp³-hybridized carbons (Fsp3) is 0.297. The Labute approximate surface area is 302 Å². The first-order chi connectivity index (χ1) is 24.0. The molecule has 1 aliphatic rings. The molecule has 10 nitrogen and oxygen atoms in total. The number of amides is 2. The normalized spacial score (nSPS) is 14.0. The second-order valence-electron chi connectivity index (χ2n) is 13.2. The monoisotopic (exact) mass is 726 g/mol. The quantitative estimate of drug-likeness (QED) is 0.137. The molecular formula is C37H39ClN6O4SSi. The predicted octanol–water partition coefficient (Wildman–Crippen LogP) is 6.40. The van der Waals surface area contributed by atoms with E-state index in [0.29, 0.717) is 48.5 Å². The van der Waals surface area contributed by atoms with Gasteiger partial charge < -0.3 is 14.1 Å². The zero-order valence-electron chi connectivity index (χ0n) is 28.6. The molecule has 1 fully saturated rings. The van der Waals surface area contributed by atoms with Crippen LogP contribution in [0.3, 0.4) is 0 Å². The molecule has 13 heteroatoms. The number of halogens is 1. The Bertz CT molecular complexity index is 1940. The molecule has 1 N–H and O–H groups in total. The van der Waals surface area contributed by atoms with Crippen LogP contribution < -0.4 is 20.4 Å². The van der Waals surface area contributed by atoms with E-state index in [-0.39, 0.29) is 37.9 Å². The highest BCUT2D eigenvalue weighted by Crippen LogP contribution is 2.39. The number of likely N-dealkylation sites (tertiary alicyclic amines) is 1. The van der Waals surface area contributed by atoms with Crippen molar-refractivity contribution in [3.8, 4) is 16.9 Å². The number of carbonyl (C=O) groups excluding carboxylic acids is 2. The van der Waals surface area contributed by atoms with Gasteiger partial charge in [0, 0.05) is 42.2 Å². The number of hydrogen-bond donors (Lipinski definition) is 1. The largest absolute Gasteiger partial charge is 0.494 e. The first-order valence-corrected chi connectivity index (χ1v) is 19.5. The van der Waals surface area contributed by atoms with Gasteiger partial charge in [-0.15, -0.1) is 10.2 Å². The van der Waals surface area contributed by atoms with Gasteiger partial charge in [-0.3, -0.25) is 19.9 Å². The third-order valence-electron chi connectivity index (χ3n) is 8.95. The number of methoxy groups -OCH3 is 1. The summed E-state index contributed by atoms with van der Waals surface area (Å²) in [6.45, 7) is 9.69. The van der Waals surface area contributed by atoms with Crippen LogP contribution in [0.5, 0.6) is 5.75 Å². The average molecular weight is 727 g/mol. The average Bonchev–Trinajstić information content (AvgIpc) is 3.59. The molecule has 0 radical (unpaired) electrons. The molecule has 1 saturated heterocycles. The van der Waals surface area contributed by atoms with Crippen molar-refractivity contribution < 1.29 is 18.8 Å². The molecule has 2 amide bonds. The lowest BCUT2D eigenvalue weighted by molar-refractivity contribution is 0.0576. The second kappa shape index (κ2) is 14.8. The number of piperidine rings is 1. The summed E-state index contributed by atoms with van der Waals surface area (Å²) < 4.78 is 12.8. The van der Waals surface area contributed by atoms with E-state index < -0.39 is 14.2 Å². The molecule has 50 heavy (non-hydrogen) atoms. The number of aryl methyl sites for hydroxylation is 1. The lowest BCUT2D eigenvalue weighted by Gasteiger charge is -2.46. The minimum absolute atomic E-state index is 0.0131. The summed E-state index contributed by atoms with van der Waals surface area (Å²) >= 11 is 7.22. The SMILES string of the molecule is COc1cnc(Cl)cc1-c1cc(C)ncc1C(=O)Nc1nnc(C(=O)N2CCC(O[Si](c3ccccc3)(c3ccccc3)C(C)(C)C)CC2)s1. The van der Waals surface area contributed by atoms with Gasteiger partial charge in [-0.25, -0.2) is 4.98 Å². The summed E-state index contributed by atoms with van der Waals surface area (Å²) in [7, 11) is -1.19.